The van der Waals surface area contributed by atoms with Crippen molar-refractivity contribution in [2.45, 2.75) is 14.4 Å². The lowest BCUT2D eigenvalue weighted by atomic mass is 10.4. The van der Waals surface area contributed by atoms with Crippen molar-refractivity contribution in [1.82, 2.24) is 0 Å². The number of carbonyl (C=O) groups excluding carboxylic acids is 2. The van der Waals surface area contributed by atoms with E-state index in [1.54, 1.807) is 0 Å². The van der Waals surface area contributed by atoms with Gasteiger partial charge in [0.1, 0.15) is 6.42 Å². The van der Waals surface area contributed by atoms with Gasteiger partial charge in [-0.3, -0.25) is 9.59 Å². The van der Waals surface area contributed by atoms with Gasteiger partial charge in [-0.15, -0.1) is 0 Å². The fourth-order valence-electron chi connectivity index (χ4n) is 0.448. The Morgan fingerprint density at radius 3 is 1.27 bits per heavy atom. The number of esters is 2. The molecule has 0 amide bonds. The van der Waals surface area contributed by atoms with Gasteiger partial charge < -0.3 is 9.47 Å². The van der Waals surface area contributed by atoms with Crippen LogP contribution in [0.3, 0.4) is 0 Å². The van der Waals surface area contributed by atoms with Crippen LogP contribution in [0.2, 0.25) is 0 Å². The summed E-state index contributed by atoms with van der Waals surface area (Å²) in [5.74, 6) is -2.26. The number of rotatable bonds is 2. The summed E-state index contributed by atoms with van der Waals surface area (Å²) in [6, 6.07) is 0. The zero-order valence-electron chi connectivity index (χ0n) is 6.61. The van der Waals surface area contributed by atoms with Crippen LogP contribution in [0.4, 0.5) is 0 Å². The molecular weight excluding hydrogens is 337 g/mol. The van der Waals surface area contributed by atoms with E-state index in [0.29, 0.717) is 0 Å². The van der Waals surface area contributed by atoms with Crippen LogP contribution < -0.4 is 0 Å². The second kappa shape index (κ2) is 5.84. The van der Waals surface area contributed by atoms with Gasteiger partial charge in [0, 0.05) is 0 Å². The summed E-state index contributed by atoms with van der Waals surface area (Å²) < 4.78 is 3.79. The summed E-state index contributed by atoms with van der Waals surface area (Å²) in [5, 5.41) is 0. The SMILES string of the molecule is O=C(CC(=O)OC(Cl)(Cl)Cl)OC(Cl)(Cl)Cl. The third-order valence-corrected chi connectivity index (χ3v) is 1.21. The zero-order chi connectivity index (χ0) is 12.3. The number of halogens is 6. The van der Waals surface area contributed by atoms with Gasteiger partial charge in [-0.25, -0.2) is 0 Å². The first-order chi connectivity index (χ1) is 6.49. The van der Waals surface area contributed by atoms with Gasteiger partial charge in [-0.2, -0.15) is 0 Å². The van der Waals surface area contributed by atoms with E-state index < -0.39 is 26.3 Å². The lowest BCUT2D eigenvalue weighted by molar-refractivity contribution is -0.155. The standard InChI is InChI=1S/C5H2Cl6O4/c6-4(7,8)14-2(12)1-3(13)15-5(9,10)11/h1H2. The molecule has 0 aliphatic rings. The molecule has 0 aliphatic heterocycles. The summed E-state index contributed by atoms with van der Waals surface area (Å²) in [6.07, 6.45) is -0.845. The second-order valence-electron chi connectivity index (χ2n) is 2.02. The van der Waals surface area contributed by atoms with E-state index in [0.717, 1.165) is 0 Å². The average molecular weight is 339 g/mol. The molecule has 0 N–H and O–H groups in total. The Labute approximate surface area is 115 Å². The third-order valence-electron chi connectivity index (χ3n) is 0.748. The summed E-state index contributed by atoms with van der Waals surface area (Å²) >= 11 is 30.6. The van der Waals surface area contributed by atoms with Crippen LogP contribution in [0.25, 0.3) is 0 Å². The van der Waals surface area contributed by atoms with Crippen LogP contribution in [0.15, 0.2) is 0 Å². The largest absolute Gasteiger partial charge is 0.414 e. The summed E-state index contributed by atoms with van der Waals surface area (Å²) in [6.45, 7) is 0. The van der Waals surface area contributed by atoms with Crippen LogP contribution in [-0.2, 0) is 19.1 Å². The summed E-state index contributed by atoms with van der Waals surface area (Å²) in [4.78, 5) is 21.7. The van der Waals surface area contributed by atoms with Crippen LogP contribution in [0, 0.1) is 0 Å². The van der Waals surface area contributed by atoms with Gasteiger partial charge in [0.2, 0.25) is 0 Å². The van der Waals surface area contributed by atoms with Crippen molar-refractivity contribution in [2.24, 2.45) is 0 Å². The molecule has 0 unspecified atom stereocenters. The molecule has 0 aromatic rings. The molecule has 0 atom stereocenters. The Hall–Kier alpha value is 0.680. The van der Waals surface area contributed by atoms with Crippen LogP contribution in [0.5, 0.6) is 0 Å². The van der Waals surface area contributed by atoms with Gasteiger partial charge >= 0.3 is 19.9 Å². The normalized spacial score (nSPS) is 12.1. The van der Waals surface area contributed by atoms with Gasteiger partial charge in [0.25, 0.3) is 0 Å². The minimum Gasteiger partial charge on any atom is -0.414 e. The highest BCUT2D eigenvalue weighted by atomic mass is 35.6. The third kappa shape index (κ3) is 11.0. The number of carbonyl (C=O) groups is 2. The lowest BCUT2D eigenvalue weighted by Gasteiger charge is -2.13. The highest BCUT2D eigenvalue weighted by molar-refractivity contribution is 6.67. The van der Waals surface area contributed by atoms with E-state index in [1.165, 1.54) is 0 Å². The Balaban J connectivity index is 4.04. The molecule has 15 heavy (non-hydrogen) atoms. The molecule has 0 radical (unpaired) electrons. The van der Waals surface area contributed by atoms with Crippen molar-refractivity contribution in [3.8, 4) is 0 Å². The minimum atomic E-state index is -2.25. The zero-order valence-corrected chi connectivity index (χ0v) is 11.1. The Morgan fingerprint density at radius 2 is 1.07 bits per heavy atom. The molecule has 0 bridgehead atoms. The molecule has 0 fully saturated rings. The van der Waals surface area contributed by atoms with Crippen LogP contribution in [0.1, 0.15) is 6.42 Å². The van der Waals surface area contributed by atoms with Crippen molar-refractivity contribution in [3.05, 3.63) is 0 Å². The van der Waals surface area contributed by atoms with Crippen molar-refractivity contribution in [2.75, 3.05) is 0 Å². The maximum atomic E-state index is 10.8. The van der Waals surface area contributed by atoms with E-state index >= 15 is 0 Å². The fraction of sp³-hybridized carbons (Fsp3) is 0.600. The molecule has 0 aromatic carbocycles. The molecule has 0 heterocycles. The van der Waals surface area contributed by atoms with E-state index in [9.17, 15) is 9.59 Å². The fourth-order valence-corrected chi connectivity index (χ4v) is 0.964. The van der Waals surface area contributed by atoms with Crippen molar-refractivity contribution >= 4 is 81.5 Å². The number of hydrogen-bond acceptors (Lipinski definition) is 4. The molecule has 10 heteroatoms. The molecule has 4 nitrogen and oxygen atoms in total. The van der Waals surface area contributed by atoms with E-state index in [4.69, 9.17) is 69.6 Å². The lowest BCUT2D eigenvalue weighted by Crippen LogP contribution is -2.23. The molecule has 0 rings (SSSR count). The van der Waals surface area contributed by atoms with E-state index in [2.05, 4.69) is 9.47 Å². The van der Waals surface area contributed by atoms with Crippen molar-refractivity contribution in [3.63, 3.8) is 0 Å². The van der Waals surface area contributed by atoms with Crippen molar-refractivity contribution < 1.29 is 19.1 Å². The van der Waals surface area contributed by atoms with E-state index in [1.807, 2.05) is 0 Å². The predicted molar refractivity (Wildman–Crippen MR) is 57.4 cm³/mol. The molecule has 0 spiro atoms. The maximum Gasteiger partial charge on any atom is 0.340 e. The number of ether oxygens (including phenoxy) is 2. The van der Waals surface area contributed by atoms with E-state index in [-0.39, 0.29) is 0 Å². The quantitative estimate of drug-likeness (QED) is 0.441. The topological polar surface area (TPSA) is 52.6 Å². The number of alkyl halides is 6. The van der Waals surface area contributed by atoms with Gasteiger partial charge in [0.15, 0.2) is 0 Å². The molecule has 0 saturated carbocycles. The number of hydrogen-bond donors (Lipinski definition) is 0. The smallest absolute Gasteiger partial charge is 0.340 e. The predicted octanol–water partition coefficient (Wildman–Crippen LogP) is 3.12. The van der Waals surface area contributed by atoms with Gasteiger partial charge in [0.05, 0.1) is 0 Å². The second-order valence-corrected chi connectivity index (χ2v) is 6.37. The van der Waals surface area contributed by atoms with Gasteiger partial charge in [-0.05, 0) is 69.6 Å². The molecule has 88 valence electrons. The summed E-state index contributed by atoms with van der Waals surface area (Å²) in [7, 11) is 0. The highest BCUT2D eigenvalue weighted by Crippen LogP contribution is 2.29. The first-order valence-corrected chi connectivity index (χ1v) is 5.33. The van der Waals surface area contributed by atoms with Crippen LogP contribution >= 0.6 is 69.6 Å². The first kappa shape index (κ1) is 15.7. The average Bonchev–Trinajstić information content (AvgIpc) is 1.73. The Bertz CT molecular complexity index is 227. The molecule has 0 aromatic heterocycles. The maximum absolute atomic E-state index is 10.8. The highest BCUT2D eigenvalue weighted by Gasteiger charge is 2.30. The van der Waals surface area contributed by atoms with Gasteiger partial charge in [-0.1, -0.05) is 0 Å². The van der Waals surface area contributed by atoms with Crippen LogP contribution in [-0.4, -0.2) is 19.9 Å². The molecular formula is C5H2Cl6O4. The summed E-state index contributed by atoms with van der Waals surface area (Å²) in [5.41, 5.74) is 0. The first-order valence-electron chi connectivity index (χ1n) is 3.07. The molecule has 0 aliphatic carbocycles. The Morgan fingerprint density at radius 1 is 0.800 bits per heavy atom. The van der Waals surface area contributed by atoms with Crippen molar-refractivity contribution in [1.29, 1.82) is 0 Å². The molecule has 0 saturated heterocycles. The minimum absolute atomic E-state index is 0.845. The Kier molecular flexibility index (Phi) is 6.11. The monoisotopic (exact) mass is 336 g/mol.